The summed E-state index contributed by atoms with van der Waals surface area (Å²) in [6, 6.07) is 1.96. The van der Waals surface area contributed by atoms with E-state index in [1.807, 2.05) is 24.8 Å². The summed E-state index contributed by atoms with van der Waals surface area (Å²) < 4.78 is 30.3. The second kappa shape index (κ2) is 8.34. The van der Waals surface area contributed by atoms with E-state index in [0.29, 0.717) is 32.7 Å². The van der Waals surface area contributed by atoms with Crippen molar-refractivity contribution >= 4 is 15.9 Å². The molecular formula is C20H31N7O3S. The molecule has 4 rings (SSSR count). The molecule has 170 valence electrons. The van der Waals surface area contributed by atoms with E-state index in [1.165, 1.54) is 0 Å². The molecule has 2 aromatic rings. The lowest BCUT2D eigenvalue weighted by Crippen LogP contribution is -2.42. The number of carbonyl (C=O) groups is 1. The number of sulfonamides is 1. The second-order valence-electron chi connectivity index (χ2n) is 8.79. The molecule has 2 aliphatic heterocycles. The molecule has 10 nitrogen and oxygen atoms in total. The highest BCUT2D eigenvalue weighted by Crippen LogP contribution is 2.30. The maximum atomic E-state index is 12.8. The first-order valence-corrected chi connectivity index (χ1v) is 12.4. The van der Waals surface area contributed by atoms with Crippen LogP contribution in [0, 0.1) is 13.8 Å². The molecule has 0 bridgehead atoms. The van der Waals surface area contributed by atoms with Gasteiger partial charge in [-0.05, 0) is 46.6 Å². The first-order chi connectivity index (χ1) is 14.7. The molecule has 1 fully saturated rings. The predicted octanol–water partition coefficient (Wildman–Crippen LogP) is 1.05. The maximum Gasteiger partial charge on any atom is 0.244 e. The van der Waals surface area contributed by atoms with Crippen molar-refractivity contribution in [2.45, 2.75) is 71.3 Å². The van der Waals surface area contributed by atoms with Crippen LogP contribution in [0.1, 0.15) is 55.6 Å². The van der Waals surface area contributed by atoms with Gasteiger partial charge in [-0.2, -0.15) is 5.10 Å². The molecule has 1 saturated heterocycles. The molecule has 1 amide bonds. The summed E-state index contributed by atoms with van der Waals surface area (Å²) in [6.45, 7) is 10.3. The van der Waals surface area contributed by atoms with Gasteiger partial charge in [0.05, 0.1) is 17.5 Å². The van der Waals surface area contributed by atoms with Gasteiger partial charge in [-0.15, -0.1) is 10.2 Å². The van der Waals surface area contributed by atoms with Crippen LogP contribution in [0.2, 0.25) is 0 Å². The van der Waals surface area contributed by atoms with Gasteiger partial charge < -0.3 is 9.47 Å². The van der Waals surface area contributed by atoms with Crippen LogP contribution < -0.4 is 0 Å². The first-order valence-electron chi connectivity index (χ1n) is 10.9. The molecule has 0 aromatic carbocycles. The van der Waals surface area contributed by atoms with Gasteiger partial charge in [0.1, 0.15) is 12.4 Å². The van der Waals surface area contributed by atoms with E-state index in [4.69, 9.17) is 0 Å². The molecule has 0 unspecified atom stereocenters. The average molecular weight is 450 g/mol. The highest BCUT2D eigenvalue weighted by Gasteiger charge is 2.34. The zero-order chi connectivity index (χ0) is 22.3. The van der Waals surface area contributed by atoms with Gasteiger partial charge in [-0.3, -0.25) is 9.48 Å². The molecule has 2 aromatic heterocycles. The van der Waals surface area contributed by atoms with Crippen LogP contribution in [0.4, 0.5) is 0 Å². The highest BCUT2D eigenvalue weighted by molar-refractivity contribution is 7.89. The van der Waals surface area contributed by atoms with Crippen molar-refractivity contribution < 1.29 is 13.2 Å². The Morgan fingerprint density at radius 3 is 2.45 bits per heavy atom. The molecule has 0 radical (unpaired) electrons. The lowest BCUT2D eigenvalue weighted by atomic mass is 9.97. The first kappa shape index (κ1) is 21.9. The number of carbonyl (C=O) groups excluding carboxylic acids is 1. The van der Waals surface area contributed by atoms with E-state index in [-0.39, 0.29) is 18.4 Å². The third-order valence-corrected chi connectivity index (χ3v) is 8.57. The van der Waals surface area contributed by atoms with Crippen molar-refractivity contribution in [2.75, 3.05) is 19.6 Å². The Kier molecular flexibility index (Phi) is 5.91. The van der Waals surface area contributed by atoms with Crippen LogP contribution in [0.25, 0.3) is 0 Å². The van der Waals surface area contributed by atoms with Crippen LogP contribution in [0.5, 0.6) is 0 Å². The summed E-state index contributed by atoms with van der Waals surface area (Å²) in [5.74, 6) is 1.92. The van der Waals surface area contributed by atoms with Crippen LogP contribution >= 0.6 is 0 Å². The number of hydrogen-bond donors (Lipinski definition) is 0. The summed E-state index contributed by atoms with van der Waals surface area (Å²) in [5, 5.41) is 12.8. The molecular weight excluding hydrogens is 418 g/mol. The number of aryl methyl sites for hydroxylation is 2. The number of nitrogens with zero attached hydrogens (tertiary/aromatic N) is 7. The number of piperidine rings is 1. The van der Waals surface area contributed by atoms with Crippen molar-refractivity contribution in [1.82, 2.24) is 33.8 Å². The third kappa shape index (κ3) is 4.25. The van der Waals surface area contributed by atoms with Gasteiger partial charge in [-0.25, -0.2) is 12.7 Å². The van der Waals surface area contributed by atoms with Crippen molar-refractivity contribution in [3.63, 3.8) is 0 Å². The Hall–Kier alpha value is -2.27. The van der Waals surface area contributed by atoms with Crippen molar-refractivity contribution in [3.8, 4) is 0 Å². The van der Waals surface area contributed by atoms with E-state index in [9.17, 15) is 13.2 Å². The normalized spacial score (nSPS) is 18.5. The molecule has 11 heteroatoms. The van der Waals surface area contributed by atoms with Gasteiger partial charge in [0, 0.05) is 37.8 Å². The number of hydrogen-bond acceptors (Lipinski definition) is 6. The predicted molar refractivity (Wildman–Crippen MR) is 115 cm³/mol. The molecule has 0 saturated carbocycles. The van der Waals surface area contributed by atoms with Gasteiger partial charge in [-0.1, -0.05) is 0 Å². The second-order valence-corrected chi connectivity index (χ2v) is 11.3. The standard InChI is InChI=1S/C20H31N7O3S/c1-14(2)31(29,30)25-7-5-17(6-8-25)20-22-21-18-12-24(9-10-26(18)20)19(28)13-27-16(4)11-15(3)23-27/h11,14,17H,5-10,12-13H2,1-4H3. The fraction of sp³-hybridized carbons (Fsp3) is 0.700. The smallest absolute Gasteiger partial charge is 0.244 e. The largest absolute Gasteiger partial charge is 0.332 e. The number of rotatable bonds is 5. The molecule has 0 aliphatic carbocycles. The molecule has 2 aliphatic rings. The quantitative estimate of drug-likeness (QED) is 0.676. The molecule has 31 heavy (non-hydrogen) atoms. The van der Waals surface area contributed by atoms with E-state index in [2.05, 4.69) is 19.9 Å². The Morgan fingerprint density at radius 1 is 1.13 bits per heavy atom. The summed E-state index contributed by atoms with van der Waals surface area (Å²) in [4.78, 5) is 14.6. The van der Waals surface area contributed by atoms with Gasteiger partial charge in [0.2, 0.25) is 15.9 Å². The Morgan fingerprint density at radius 2 is 1.84 bits per heavy atom. The van der Waals surface area contributed by atoms with Gasteiger partial charge in [0.15, 0.2) is 5.82 Å². The SMILES string of the molecule is Cc1cc(C)n(CC(=O)N2CCn3c(nnc3C3CCN(S(=O)(=O)C(C)C)CC3)C2)n1. The van der Waals surface area contributed by atoms with Gasteiger partial charge >= 0.3 is 0 Å². The molecule has 4 heterocycles. The maximum absolute atomic E-state index is 12.8. The minimum absolute atomic E-state index is 0.0224. The summed E-state index contributed by atoms with van der Waals surface area (Å²) >= 11 is 0. The highest BCUT2D eigenvalue weighted by atomic mass is 32.2. The van der Waals surface area contributed by atoms with Crippen molar-refractivity contribution in [2.24, 2.45) is 0 Å². The molecule has 0 N–H and O–H groups in total. The number of fused-ring (bicyclic) bond motifs is 1. The lowest BCUT2D eigenvalue weighted by molar-refractivity contribution is -0.133. The van der Waals surface area contributed by atoms with Gasteiger partial charge in [0.25, 0.3) is 0 Å². The number of amides is 1. The Labute approximate surface area is 183 Å². The third-order valence-electron chi connectivity index (χ3n) is 6.30. The fourth-order valence-corrected chi connectivity index (χ4v) is 5.74. The Balaban J connectivity index is 1.40. The van der Waals surface area contributed by atoms with E-state index >= 15 is 0 Å². The van der Waals surface area contributed by atoms with Crippen LogP contribution in [0.3, 0.4) is 0 Å². The Bertz CT molecular complexity index is 1060. The molecule has 0 atom stereocenters. The van der Waals surface area contributed by atoms with E-state index < -0.39 is 15.3 Å². The average Bonchev–Trinajstić information content (AvgIpc) is 3.29. The van der Waals surface area contributed by atoms with Crippen LogP contribution in [-0.2, 0) is 34.5 Å². The van der Waals surface area contributed by atoms with Crippen LogP contribution in [0.15, 0.2) is 6.07 Å². The lowest BCUT2D eigenvalue weighted by Gasteiger charge is -2.33. The molecule has 0 spiro atoms. The summed E-state index contributed by atoms with van der Waals surface area (Å²) in [6.07, 6.45) is 1.48. The fourth-order valence-electron chi connectivity index (χ4n) is 4.42. The van der Waals surface area contributed by atoms with Crippen molar-refractivity contribution in [3.05, 3.63) is 29.1 Å². The monoisotopic (exact) mass is 449 g/mol. The van der Waals surface area contributed by atoms with E-state index in [1.54, 1.807) is 22.8 Å². The minimum Gasteiger partial charge on any atom is -0.332 e. The van der Waals surface area contributed by atoms with E-state index in [0.717, 1.165) is 35.9 Å². The van der Waals surface area contributed by atoms with Crippen LogP contribution in [-0.4, -0.2) is 73.0 Å². The summed E-state index contributed by atoms with van der Waals surface area (Å²) in [5.41, 5.74) is 1.87. The zero-order valence-electron chi connectivity index (χ0n) is 18.7. The van der Waals surface area contributed by atoms with Crippen molar-refractivity contribution in [1.29, 1.82) is 0 Å². The minimum atomic E-state index is -3.21. The summed E-state index contributed by atoms with van der Waals surface area (Å²) in [7, 11) is -3.21. The number of aromatic nitrogens is 5. The topological polar surface area (TPSA) is 106 Å². The zero-order valence-corrected chi connectivity index (χ0v) is 19.5.